The van der Waals surface area contributed by atoms with Crippen molar-refractivity contribution in [1.29, 1.82) is 5.41 Å². The van der Waals surface area contributed by atoms with Crippen molar-refractivity contribution < 1.29 is 19.7 Å². The number of aliphatic hydroxyl groups is 2. The minimum atomic E-state index is -0.883. The largest absolute Gasteiger partial charge is 0.454 e. The Bertz CT molecular complexity index is 474. The Morgan fingerprint density at radius 1 is 1.56 bits per heavy atom. The van der Waals surface area contributed by atoms with Gasteiger partial charge in [-0.05, 0) is 6.07 Å². The minimum Gasteiger partial charge on any atom is -0.454 e. The number of hydrogen-bond donors (Lipinski definition) is 3. The van der Waals surface area contributed by atoms with Gasteiger partial charge >= 0.3 is 6.01 Å². The van der Waals surface area contributed by atoms with Gasteiger partial charge in [-0.15, -0.1) is 0 Å². The lowest BCUT2D eigenvalue weighted by Crippen LogP contribution is -2.34. The first-order valence-corrected chi connectivity index (χ1v) is 4.95. The van der Waals surface area contributed by atoms with Gasteiger partial charge in [0.15, 0.2) is 17.8 Å². The average Bonchev–Trinajstić information content (AvgIpc) is 2.75. The molecule has 2 aliphatic rings. The van der Waals surface area contributed by atoms with Gasteiger partial charge in [-0.3, -0.25) is 9.98 Å². The molecule has 0 spiro atoms. The fraction of sp³-hybridized carbons (Fsp3) is 0.556. The first-order chi connectivity index (χ1) is 7.70. The first-order valence-electron chi connectivity index (χ1n) is 4.95. The normalized spacial score (nSPS) is 35.6. The molecule has 0 unspecified atom stereocenters. The van der Waals surface area contributed by atoms with Crippen LogP contribution in [-0.2, 0) is 4.74 Å². The maximum atomic E-state index is 9.80. The Hall–Kier alpha value is -1.44. The Kier molecular flexibility index (Phi) is 2.00. The molecule has 3 heterocycles. The van der Waals surface area contributed by atoms with Crippen LogP contribution in [0.25, 0.3) is 0 Å². The minimum absolute atomic E-state index is 0.0967. The van der Waals surface area contributed by atoms with E-state index in [0.29, 0.717) is 0 Å². The quantitative estimate of drug-likeness (QED) is 0.533. The lowest BCUT2D eigenvalue weighted by Gasteiger charge is -2.14. The molecule has 3 N–H and O–H groups in total. The Morgan fingerprint density at radius 3 is 3.12 bits per heavy atom. The molecule has 1 saturated heterocycles. The van der Waals surface area contributed by atoms with Gasteiger partial charge in [0.05, 0.1) is 6.61 Å². The fourth-order valence-electron chi connectivity index (χ4n) is 2.04. The molecule has 1 aromatic heterocycles. The molecular formula is C9H11N3O4. The zero-order chi connectivity index (χ0) is 11.3. The number of fused-ring (bicyclic) bond motifs is 3. The molecule has 86 valence electrons. The van der Waals surface area contributed by atoms with E-state index >= 15 is 0 Å². The predicted octanol–water partition coefficient (Wildman–Crippen LogP) is -1.63. The topological polar surface area (TPSA) is 101 Å². The number of aromatic nitrogens is 2. The number of hydrogen-bond acceptors (Lipinski definition) is 6. The zero-order valence-corrected chi connectivity index (χ0v) is 8.28. The summed E-state index contributed by atoms with van der Waals surface area (Å²) in [5.74, 6) is 0. The second-order valence-corrected chi connectivity index (χ2v) is 3.82. The van der Waals surface area contributed by atoms with Gasteiger partial charge < -0.3 is 19.7 Å². The smallest absolute Gasteiger partial charge is 0.301 e. The molecule has 1 aromatic rings. The van der Waals surface area contributed by atoms with E-state index in [1.165, 1.54) is 6.07 Å². The summed E-state index contributed by atoms with van der Waals surface area (Å²) >= 11 is 0. The van der Waals surface area contributed by atoms with Crippen molar-refractivity contribution in [3.05, 3.63) is 17.8 Å². The van der Waals surface area contributed by atoms with Crippen molar-refractivity contribution in [2.45, 2.75) is 24.5 Å². The van der Waals surface area contributed by atoms with Crippen LogP contribution >= 0.6 is 0 Å². The Labute approximate surface area is 90.4 Å². The third kappa shape index (κ3) is 1.19. The van der Waals surface area contributed by atoms with Crippen LogP contribution in [0.3, 0.4) is 0 Å². The third-order valence-corrected chi connectivity index (χ3v) is 2.84. The molecule has 0 saturated carbocycles. The highest BCUT2D eigenvalue weighted by atomic mass is 16.6. The summed E-state index contributed by atoms with van der Waals surface area (Å²) < 4.78 is 12.5. The van der Waals surface area contributed by atoms with Crippen LogP contribution in [0.1, 0.15) is 6.23 Å². The molecule has 2 aliphatic heterocycles. The van der Waals surface area contributed by atoms with Crippen LogP contribution in [0, 0.1) is 5.41 Å². The second kappa shape index (κ2) is 3.27. The van der Waals surface area contributed by atoms with Gasteiger partial charge in [-0.25, -0.2) is 0 Å². The molecule has 16 heavy (non-hydrogen) atoms. The van der Waals surface area contributed by atoms with Crippen molar-refractivity contribution in [3.63, 3.8) is 0 Å². The van der Waals surface area contributed by atoms with Crippen LogP contribution in [0.5, 0.6) is 6.01 Å². The lowest BCUT2D eigenvalue weighted by atomic mass is 10.1. The molecule has 0 radical (unpaired) electrons. The molecule has 7 nitrogen and oxygen atoms in total. The van der Waals surface area contributed by atoms with E-state index in [1.54, 1.807) is 10.8 Å². The fourth-order valence-corrected chi connectivity index (χ4v) is 2.04. The summed E-state index contributed by atoms with van der Waals surface area (Å²) in [5, 5.41) is 26.1. The van der Waals surface area contributed by atoms with Crippen molar-refractivity contribution in [2.75, 3.05) is 6.61 Å². The third-order valence-electron chi connectivity index (χ3n) is 2.84. The predicted molar refractivity (Wildman–Crippen MR) is 49.5 cm³/mol. The van der Waals surface area contributed by atoms with Crippen LogP contribution in [0.4, 0.5) is 0 Å². The number of nitrogens with one attached hydrogen (secondary N) is 1. The summed E-state index contributed by atoms with van der Waals surface area (Å²) in [6.45, 7) is -0.253. The second-order valence-electron chi connectivity index (χ2n) is 3.82. The lowest BCUT2D eigenvalue weighted by molar-refractivity contribution is -0.0434. The molecule has 1 fully saturated rings. The molecule has 3 rings (SSSR count). The van der Waals surface area contributed by atoms with Gasteiger partial charge in [0, 0.05) is 6.20 Å². The standard InChI is InChI=1S/C9H11N3O4/c10-5-1-2-12-8-7(16-9(12)11-5)6(14)4(3-13)15-8/h1-2,4,6-8,10,13-14H,3H2/t4-,6+,7-,8-/m1/s1. The van der Waals surface area contributed by atoms with Crippen LogP contribution in [0.15, 0.2) is 12.3 Å². The van der Waals surface area contributed by atoms with Crippen LogP contribution in [0.2, 0.25) is 0 Å². The van der Waals surface area contributed by atoms with Gasteiger partial charge in [0.2, 0.25) is 0 Å². The van der Waals surface area contributed by atoms with E-state index in [9.17, 15) is 5.11 Å². The molecule has 0 aromatic carbocycles. The van der Waals surface area contributed by atoms with Gasteiger partial charge in [0.25, 0.3) is 0 Å². The Balaban J connectivity index is 1.99. The van der Waals surface area contributed by atoms with Crippen molar-refractivity contribution in [2.24, 2.45) is 0 Å². The molecular weight excluding hydrogens is 214 g/mol. The van der Waals surface area contributed by atoms with E-state index in [4.69, 9.17) is 20.0 Å². The summed E-state index contributed by atoms with van der Waals surface area (Å²) in [6.07, 6.45) is -0.930. The molecule has 4 atom stereocenters. The number of nitrogens with zero attached hydrogens (tertiary/aromatic N) is 2. The van der Waals surface area contributed by atoms with Gasteiger partial charge in [-0.2, -0.15) is 4.98 Å². The maximum absolute atomic E-state index is 9.80. The zero-order valence-electron chi connectivity index (χ0n) is 8.28. The average molecular weight is 225 g/mol. The summed E-state index contributed by atoms with van der Waals surface area (Å²) in [5.41, 5.74) is 0.0967. The van der Waals surface area contributed by atoms with E-state index in [1.807, 2.05) is 0 Å². The monoisotopic (exact) mass is 225 g/mol. The number of aliphatic hydroxyl groups excluding tert-OH is 2. The molecule has 0 amide bonds. The molecule has 7 heteroatoms. The molecule has 0 bridgehead atoms. The highest BCUT2D eigenvalue weighted by molar-refractivity contribution is 5.10. The highest BCUT2D eigenvalue weighted by Crippen LogP contribution is 2.38. The summed E-state index contributed by atoms with van der Waals surface area (Å²) in [7, 11) is 0. The van der Waals surface area contributed by atoms with E-state index in [2.05, 4.69) is 4.98 Å². The van der Waals surface area contributed by atoms with E-state index in [-0.39, 0.29) is 18.1 Å². The van der Waals surface area contributed by atoms with Crippen LogP contribution < -0.4 is 10.2 Å². The van der Waals surface area contributed by atoms with Gasteiger partial charge in [0.1, 0.15) is 12.2 Å². The Morgan fingerprint density at radius 2 is 2.38 bits per heavy atom. The maximum Gasteiger partial charge on any atom is 0.301 e. The summed E-state index contributed by atoms with van der Waals surface area (Å²) in [6, 6.07) is 1.77. The highest BCUT2D eigenvalue weighted by Gasteiger charge is 2.50. The first kappa shape index (κ1) is 9.76. The van der Waals surface area contributed by atoms with Crippen molar-refractivity contribution in [3.8, 4) is 6.01 Å². The summed E-state index contributed by atoms with van der Waals surface area (Å²) in [4.78, 5) is 3.88. The van der Waals surface area contributed by atoms with Crippen molar-refractivity contribution in [1.82, 2.24) is 9.55 Å². The van der Waals surface area contributed by atoms with E-state index < -0.39 is 24.5 Å². The molecule has 0 aliphatic carbocycles. The van der Waals surface area contributed by atoms with E-state index in [0.717, 1.165) is 0 Å². The van der Waals surface area contributed by atoms with Crippen molar-refractivity contribution >= 4 is 0 Å². The number of rotatable bonds is 1. The van der Waals surface area contributed by atoms with Gasteiger partial charge in [-0.1, -0.05) is 0 Å². The SMILES string of the molecule is N=c1ccn2c(n1)O[C@@H]1[C@@H](O)[C@@H](CO)O[C@H]12. The number of ether oxygens (including phenoxy) is 2. The van der Waals surface area contributed by atoms with Crippen LogP contribution in [-0.4, -0.2) is 44.7 Å².